The molecule has 2 aliphatic carbocycles. The van der Waals surface area contributed by atoms with Crippen molar-refractivity contribution in [1.82, 2.24) is 0 Å². The van der Waals surface area contributed by atoms with Crippen molar-refractivity contribution >= 4 is 23.9 Å². The van der Waals surface area contributed by atoms with Crippen LogP contribution >= 0.6 is 0 Å². The minimum Gasteiger partial charge on any atom is -0.458 e. The maximum Gasteiger partial charge on any atom is 0.307 e. The molecule has 0 fully saturated rings. The van der Waals surface area contributed by atoms with Crippen LogP contribution in [0.4, 0.5) is 0 Å². The Kier molecular flexibility index (Phi) is 10.6. The summed E-state index contributed by atoms with van der Waals surface area (Å²) in [5.41, 5.74) is 0.215. The lowest BCUT2D eigenvalue weighted by Gasteiger charge is -2.48. The second kappa shape index (κ2) is 12.9. The summed E-state index contributed by atoms with van der Waals surface area (Å²) in [5, 5.41) is 32.1. The van der Waals surface area contributed by atoms with Gasteiger partial charge in [0.1, 0.15) is 12.2 Å². The van der Waals surface area contributed by atoms with Crippen LogP contribution in [0.2, 0.25) is 0 Å². The van der Waals surface area contributed by atoms with Crippen molar-refractivity contribution < 1.29 is 53.4 Å². The van der Waals surface area contributed by atoms with Gasteiger partial charge in [0.05, 0.1) is 18.8 Å². The average molecular weight is 553 g/mol. The van der Waals surface area contributed by atoms with Gasteiger partial charge in [-0.25, -0.2) is 0 Å². The zero-order valence-corrected chi connectivity index (χ0v) is 23.8. The fourth-order valence-corrected chi connectivity index (χ4v) is 5.52. The predicted molar refractivity (Wildman–Crippen MR) is 138 cm³/mol. The van der Waals surface area contributed by atoms with E-state index >= 15 is 0 Å². The third-order valence-electron chi connectivity index (χ3n) is 7.37. The third kappa shape index (κ3) is 7.55. The van der Waals surface area contributed by atoms with Gasteiger partial charge >= 0.3 is 23.9 Å². The van der Waals surface area contributed by atoms with Crippen molar-refractivity contribution in [2.75, 3.05) is 6.61 Å². The summed E-state index contributed by atoms with van der Waals surface area (Å²) in [6.45, 7) is 11.0. The van der Waals surface area contributed by atoms with Gasteiger partial charge in [0.25, 0.3) is 0 Å². The SMILES string of the molecule is CC(=O)O/C1=C(/C)[C@@H](O)C[C@H](O)/C(CO)=C/[C@H](OC(C)=O)[C@@H]2C[C@H](OC(C)=O)C(C)=C([C@H]1OC(C)=O)C2(C)C. The fourth-order valence-electron chi connectivity index (χ4n) is 5.52. The van der Waals surface area contributed by atoms with Crippen LogP contribution in [0, 0.1) is 11.3 Å². The molecule has 11 nitrogen and oxygen atoms in total. The molecule has 0 saturated carbocycles. The molecule has 218 valence electrons. The Morgan fingerprint density at radius 2 is 1.41 bits per heavy atom. The molecule has 2 aliphatic rings. The summed E-state index contributed by atoms with van der Waals surface area (Å²) in [7, 11) is 0. The Balaban J connectivity index is 3.05. The molecule has 2 bridgehead atoms. The smallest absolute Gasteiger partial charge is 0.307 e. The van der Waals surface area contributed by atoms with E-state index in [4.69, 9.17) is 18.9 Å². The summed E-state index contributed by atoms with van der Waals surface area (Å²) >= 11 is 0. The van der Waals surface area contributed by atoms with Crippen LogP contribution in [0.25, 0.3) is 0 Å². The average Bonchev–Trinajstić information content (AvgIpc) is 2.79. The molecule has 0 aromatic carbocycles. The Labute approximate surface area is 228 Å². The number of fused-ring (bicyclic) bond motifs is 2. The van der Waals surface area contributed by atoms with E-state index in [0.29, 0.717) is 11.1 Å². The van der Waals surface area contributed by atoms with Crippen molar-refractivity contribution in [3.63, 3.8) is 0 Å². The number of rotatable bonds is 5. The lowest BCUT2D eigenvalue weighted by atomic mass is 9.60. The number of ether oxygens (including phenoxy) is 4. The molecule has 3 N–H and O–H groups in total. The minimum absolute atomic E-state index is 0.104. The first-order chi connectivity index (χ1) is 18.0. The van der Waals surface area contributed by atoms with E-state index in [1.54, 1.807) is 6.92 Å². The highest BCUT2D eigenvalue weighted by atomic mass is 16.6. The van der Waals surface area contributed by atoms with Gasteiger partial charge in [-0.1, -0.05) is 13.8 Å². The summed E-state index contributed by atoms with van der Waals surface area (Å²) in [4.78, 5) is 48.9. The molecule has 2 rings (SSSR count). The van der Waals surface area contributed by atoms with Gasteiger partial charge in [-0.3, -0.25) is 19.2 Å². The molecule has 0 radical (unpaired) electrons. The molecule has 11 heteroatoms. The monoisotopic (exact) mass is 552 g/mol. The molecule has 0 saturated heterocycles. The molecule has 0 amide bonds. The highest BCUT2D eigenvalue weighted by molar-refractivity contribution is 5.70. The van der Waals surface area contributed by atoms with Crippen molar-refractivity contribution in [2.24, 2.45) is 11.3 Å². The predicted octanol–water partition coefficient (Wildman–Crippen LogP) is 2.03. The first-order valence-corrected chi connectivity index (χ1v) is 12.8. The first kappa shape index (κ1) is 32.2. The van der Waals surface area contributed by atoms with E-state index in [0.717, 1.165) is 6.92 Å². The molecule has 0 aromatic heterocycles. The Morgan fingerprint density at radius 1 is 0.846 bits per heavy atom. The van der Waals surface area contributed by atoms with Crippen LogP contribution in [0.15, 0.2) is 34.1 Å². The number of carbonyl (C=O) groups is 4. The van der Waals surface area contributed by atoms with Crippen molar-refractivity contribution in [2.45, 2.75) is 98.8 Å². The fraction of sp³-hybridized carbons (Fsp3) is 0.643. The van der Waals surface area contributed by atoms with Gasteiger partial charge in [-0.05, 0) is 54.1 Å². The Morgan fingerprint density at radius 3 is 1.90 bits per heavy atom. The van der Waals surface area contributed by atoms with E-state index in [9.17, 15) is 34.5 Å². The molecule has 6 atom stereocenters. The van der Waals surface area contributed by atoms with Crippen LogP contribution in [0.3, 0.4) is 0 Å². The van der Waals surface area contributed by atoms with Gasteiger partial charge < -0.3 is 34.3 Å². The normalized spacial score (nSPS) is 32.5. The standard InChI is InChI=1S/C28H40O11/c1-13-21(34)11-22(35)19(12-29)9-24(37-16(4)31)20-10-23(36-15(3)30)14(2)25(28(20,7)8)27(39-18(6)33)26(13)38-17(5)32/h9,20-24,27,29,34-35H,10-12H2,1-8H3/b19-9+,26-13-/t20-,21-,22-,23-,24-,27+/m0/s1. The van der Waals surface area contributed by atoms with E-state index in [1.807, 2.05) is 13.8 Å². The summed E-state index contributed by atoms with van der Waals surface area (Å²) < 4.78 is 22.6. The molecule has 0 spiro atoms. The number of hydrogen-bond donors (Lipinski definition) is 3. The van der Waals surface area contributed by atoms with Gasteiger partial charge in [0.15, 0.2) is 11.9 Å². The summed E-state index contributed by atoms with van der Waals surface area (Å²) in [6.07, 6.45) is -4.61. The molecular weight excluding hydrogens is 512 g/mol. The van der Waals surface area contributed by atoms with Crippen LogP contribution in [-0.4, -0.2) is 76.3 Å². The lowest BCUT2D eigenvalue weighted by molar-refractivity contribution is -0.156. The molecule has 0 heterocycles. The van der Waals surface area contributed by atoms with Crippen LogP contribution in [0.1, 0.15) is 68.2 Å². The highest BCUT2D eigenvalue weighted by Crippen LogP contribution is 2.51. The molecule has 0 unspecified atom stereocenters. The van der Waals surface area contributed by atoms with Crippen LogP contribution < -0.4 is 0 Å². The highest BCUT2D eigenvalue weighted by Gasteiger charge is 2.51. The van der Waals surface area contributed by atoms with Gasteiger partial charge in [-0.15, -0.1) is 0 Å². The van der Waals surface area contributed by atoms with E-state index < -0.39 is 72.3 Å². The van der Waals surface area contributed by atoms with Crippen LogP contribution in [-0.2, 0) is 38.1 Å². The van der Waals surface area contributed by atoms with Crippen LogP contribution in [0.5, 0.6) is 0 Å². The van der Waals surface area contributed by atoms with Crippen molar-refractivity contribution in [3.05, 3.63) is 34.1 Å². The Hall–Kier alpha value is -3.02. The molecule has 0 aliphatic heterocycles. The maximum absolute atomic E-state index is 12.4. The Bertz CT molecular complexity index is 1080. The number of esters is 4. The number of aliphatic hydroxyl groups excluding tert-OH is 3. The quantitative estimate of drug-likeness (QED) is 0.259. The summed E-state index contributed by atoms with van der Waals surface area (Å²) in [5.74, 6) is -3.43. The molecule has 0 aromatic rings. The molecular formula is C28H40O11. The topological polar surface area (TPSA) is 166 Å². The minimum atomic E-state index is -1.39. The number of hydrogen-bond acceptors (Lipinski definition) is 11. The maximum atomic E-state index is 12.4. The van der Waals surface area contributed by atoms with E-state index in [1.165, 1.54) is 33.8 Å². The first-order valence-electron chi connectivity index (χ1n) is 12.8. The van der Waals surface area contributed by atoms with Gasteiger partial charge in [0, 0.05) is 40.0 Å². The lowest BCUT2D eigenvalue weighted by Crippen LogP contribution is -2.49. The van der Waals surface area contributed by atoms with Crippen molar-refractivity contribution in [1.29, 1.82) is 0 Å². The molecule has 39 heavy (non-hydrogen) atoms. The number of carbonyl (C=O) groups excluding carboxylic acids is 4. The van der Waals surface area contributed by atoms with E-state index in [-0.39, 0.29) is 29.7 Å². The largest absolute Gasteiger partial charge is 0.458 e. The summed E-state index contributed by atoms with van der Waals surface area (Å²) in [6, 6.07) is 0. The van der Waals surface area contributed by atoms with Gasteiger partial charge in [0.2, 0.25) is 0 Å². The van der Waals surface area contributed by atoms with E-state index in [2.05, 4.69) is 0 Å². The second-order valence-corrected chi connectivity index (χ2v) is 10.6. The second-order valence-electron chi connectivity index (χ2n) is 10.6. The zero-order valence-electron chi connectivity index (χ0n) is 23.8. The van der Waals surface area contributed by atoms with Gasteiger partial charge in [-0.2, -0.15) is 0 Å². The van der Waals surface area contributed by atoms with Crippen molar-refractivity contribution in [3.8, 4) is 0 Å². The third-order valence-corrected chi connectivity index (χ3v) is 7.37. The number of aliphatic hydroxyl groups is 3. The zero-order chi connectivity index (χ0) is 29.8.